The van der Waals surface area contributed by atoms with Crippen molar-refractivity contribution in [3.63, 3.8) is 0 Å². The maximum Gasteiger partial charge on any atom is 0.0659 e. The van der Waals surface area contributed by atoms with Crippen LogP contribution in [0, 0.1) is 5.41 Å². The highest BCUT2D eigenvalue weighted by Gasteiger charge is 2.13. The van der Waals surface area contributed by atoms with E-state index in [-0.39, 0.29) is 5.41 Å². The fourth-order valence-electron chi connectivity index (χ4n) is 0.998. The molecule has 1 aliphatic rings. The Kier molecular flexibility index (Phi) is 3.72. The fraction of sp³-hybridized carbons (Fsp3) is 0.900. The summed E-state index contributed by atoms with van der Waals surface area (Å²) in [5, 5.41) is 6.54. The van der Waals surface area contributed by atoms with Gasteiger partial charge in [0.15, 0.2) is 0 Å². The Morgan fingerprint density at radius 3 is 2.54 bits per heavy atom. The van der Waals surface area contributed by atoms with E-state index in [0.29, 0.717) is 0 Å². The van der Waals surface area contributed by atoms with Crippen molar-refractivity contribution in [1.29, 1.82) is 0 Å². The van der Waals surface area contributed by atoms with Gasteiger partial charge in [-0.05, 0) is 6.42 Å². The van der Waals surface area contributed by atoms with E-state index in [2.05, 4.69) is 37.1 Å². The van der Waals surface area contributed by atoms with Crippen LogP contribution in [0.4, 0.5) is 0 Å². The van der Waals surface area contributed by atoms with Crippen LogP contribution in [0.3, 0.4) is 0 Å². The van der Waals surface area contributed by atoms with Crippen molar-refractivity contribution in [2.75, 3.05) is 26.3 Å². The first-order valence-corrected chi connectivity index (χ1v) is 5.02. The van der Waals surface area contributed by atoms with Crippen LogP contribution in [0.2, 0.25) is 0 Å². The molecule has 0 saturated carbocycles. The molecular formula is C10H20N2O. The van der Waals surface area contributed by atoms with Gasteiger partial charge < -0.3 is 4.74 Å². The molecule has 3 nitrogen and oxygen atoms in total. The van der Waals surface area contributed by atoms with Crippen LogP contribution < -0.4 is 0 Å². The molecule has 1 rings (SSSR count). The van der Waals surface area contributed by atoms with Gasteiger partial charge in [0.25, 0.3) is 0 Å². The quantitative estimate of drug-likeness (QED) is 0.624. The smallest absolute Gasteiger partial charge is 0.0659 e. The Labute approximate surface area is 80.8 Å². The SMILES string of the molecule is CCC(C)(C)/C=N/N1CCOCC1. The zero-order valence-electron chi connectivity index (χ0n) is 8.92. The lowest BCUT2D eigenvalue weighted by molar-refractivity contribution is 0.0392. The van der Waals surface area contributed by atoms with Crippen LogP contribution in [-0.2, 0) is 4.74 Å². The number of rotatable bonds is 3. The Hall–Kier alpha value is -0.570. The molecule has 13 heavy (non-hydrogen) atoms. The van der Waals surface area contributed by atoms with Crippen molar-refractivity contribution < 1.29 is 4.74 Å². The summed E-state index contributed by atoms with van der Waals surface area (Å²) in [4.78, 5) is 0. The third-order valence-corrected chi connectivity index (χ3v) is 2.47. The molecule has 1 fully saturated rings. The maximum absolute atomic E-state index is 5.24. The van der Waals surface area contributed by atoms with Crippen LogP contribution >= 0.6 is 0 Å². The number of nitrogens with zero attached hydrogens (tertiary/aromatic N) is 2. The third kappa shape index (κ3) is 3.77. The average molecular weight is 184 g/mol. The summed E-state index contributed by atoms with van der Waals surface area (Å²) in [5.74, 6) is 0. The fourth-order valence-corrected chi connectivity index (χ4v) is 0.998. The first kappa shape index (κ1) is 10.5. The lowest BCUT2D eigenvalue weighted by Gasteiger charge is -2.25. The number of morpholine rings is 1. The van der Waals surface area contributed by atoms with Gasteiger partial charge in [-0.1, -0.05) is 20.8 Å². The van der Waals surface area contributed by atoms with Gasteiger partial charge in [0.2, 0.25) is 0 Å². The molecule has 1 aliphatic heterocycles. The van der Waals surface area contributed by atoms with Gasteiger partial charge in [0.05, 0.1) is 26.3 Å². The first-order valence-electron chi connectivity index (χ1n) is 5.02. The molecule has 0 aromatic carbocycles. The molecule has 1 saturated heterocycles. The number of hydrazone groups is 1. The second-order valence-corrected chi connectivity index (χ2v) is 4.15. The van der Waals surface area contributed by atoms with Crippen molar-refractivity contribution in [3.8, 4) is 0 Å². The maximum atomic E-state index is 5.24. The molecule has 1 heterocycles. The highest BCUT2D eigenvalue weighted by atomic mass is 16.5. The van der Waals surface area contributed by atoms with E-state index in [1.54, 1.807) is 0 Å². The molecule has 0 unspecified atom stereocenters. The Balaban J connectivity index is 2.37. The van der Waals surface area contributed by atoms with Gasteiger partial charge in [-0.3, -0.25) is 5.01 Å². The van der Waals surface area contributed by atoms with E-state index >= 15 is 0 Å². The molecule has 0 atom stereocenters. The molecule has 0 aromatic heterocycles. The van der Waals surface area contributed by atoms with Crippen molar-refractivity contribution in [2.45, 2.75) is 27.2 Å². The van der Waals surface area contributed by atoms with Gasteiger partial charge in [0, 0.05) is 11.6 Å². The average Bonchev–Trinajstić information content (AvgIpc) is 2.17. The highest BCUT2D eigenvalue weighted by molar-refractivity contribution is 5.64. The predicted octanol–water partition coefficient (Wildman–Crippen LogP) is 1.74. The standard InChI is InChI=1S/C10H20N2O/c1-4-10(2,3)9-11-12-5-7-13-8-6-12/h9H,4-8H2,1-3H3/b11-9+. The van der Waals surface area contributed by atoms with Crippen LogP contribution in [0.1, 0.15) is 27.2 Å². The monoisotopic (exact) mass is 184 g/mol. The van der Waals surface area contributed by atoms with Crippen molar-refractivity contribution in [1.82, 2.24) is 5.01 Å². The van der Waals surface area contributed by atoms with Crippen LogP contribution in [0.15, 0.2) is 5.10 Å². The lowest BCUT2D eigenvalue weighted by atomic mass is 9.92. The Morgan fingerprint density at radius 2 is 2.00 bits per heavy atom. The van der Waals surface area contributed by atoms with Crippen LogP contribution in [-0.4, -0.2) is 37.5 Å². The van der Waals surface area contributed by atoms with Crippen molar-refractivity contribution in [3.05, 3.63) is 0 Å². The van der Waals surface area contributed by atoms with Gasteiger partial charge in [-0.25, -0.2) is 0 Å². The van der Waals surface area contributed by atoms with E-state index in [1.165, 1.54) is 0 Å². The van der Waals surface area contributed by atoms with Crippen molar-refractivity contribution in [2.24, 2.45) is 10.5 Å². The second kappa shape index (κ2) is 4.61. The second-order valence-electron chi connectivity index (χ2n) is 4.15. The Bertz CT molecular complexity index is 172. The predicted molar refractivity (Wildman–Crippen MR) is 55.0 cm³/mol. The molecule has 0 spiro atoms. The minimum atomic E-state index is 0.221. The van der Waals surface area contributed by atoms with E-state index in [4.69, 9.17) is 4.74 Å². The summed E-state index contributed by atoms with van der Waals surface area (Å²) in [6.07, 6.45) is 3.18. The molecule has 0 aromatic rings. The summed E-state index contributed by atoms with van der Waals surface area (Å²) in [6, 6.07) is 0. The minimum Gasteiger partial charge on any atom is -0.378 e. The largest absolute Gasteiger partial charge is 0.378 e. The normalized spacial score (nSPS) is 19.8. The molecule has 0 radical (unpaired) electrons. The summed E-state index contributed by atoms with van der Waals surface area (Å²) >= 11 is 0. The number of hydrogen-bond donors (Lipinski definition) is 0. The molecule has 0 N–H and O–H groups in total. The minimum absolute atomic E-state index is 0.221. The molecule has 3 heteroatoms. The molecule has 0 aliphatic carbocycles. The third-order valence-electron chi connectivity index (χ3n) is 2.47. The highest BCUT2D eigenvalue weighted by Crippen LogP contribution is 2.16. The van der Waals surface area contributed by atoms with Crippen LogP contribution in [0.5, 0.6) is 0 Å². The number of hydrogen-bond acceptors (Lipinski definition) is 3. The number of ether oxygens (including phenoxy) is 1. The van der Waals surface area contributed by atoms with E-state index in [1.807, 2.05) is 0 Å². The molecule has 76 valence electrons. The summed E-state index contributed by atoms with van der Waals surface area (Å²) in [5.41, 5.74) is 0.221. The van der Waals surface area contributed by atoms with Gasteiger partial charge in [0.1, 0.15) is 0 Å². The van der Waals surface area contributed by atoms with E-state index in [0.717, 1.165) is 32.7 Å². The molecular weight excluding hydrogens is 164 g/mol. The Morgan fingerprint density at radius 1 is 1.38 bits per heavy atom. The van der Waals surface area contributed by atoms with Gasteiger partial charge in [-0.2, -0.15) is 5.10 Å². The first-order chi connectivity index (χ1) is 6.14. The topological polar surface area (TPSA) is 24.8 Å². The van der Waals surface area contributed by atoms with E-state index in [9.17, 15) is 0 Å². The van der Waals surface area contributed by atoms with Gasteiger partial charge in [-0.15, -0.1) is 0 Å². The summed E-state index contributed by atoms with van der Waals surface area (Å²) in [7, 11) is 0. The summed E-state index contributed by atoms with van der Waals surface area (Å²) < 4.78 is 5.24. The molecule has 0 bridgehead atoms. The van der Waals surface area contributed by atoms with Gasteiger partial charge >= 0.3 is 0 Å². The summed E-state index contributed by atoms with van der Waals surface area (Å²) in [6.45, 7) is 10.1. The molecule has 0 amide bonds. The zero-order chi connectivity index (χ0) is 9.73. The van der Waals surface area contributed by atoms with Crippen LogP contribution in [0.25, 0.3) is 0 Å². The van der Waals surface area contributed by atoms with Crippen molar-refractivity contribution >= 4 is 6.21 Å². The zero-order valence-corrected chi connectivity index (χ0v) is 8.92. The van der Waals surface area contributed by atoms with E-state index < -0.39 is 0 Å². The lowest BCUT2D eigenvalue weighted by Crippen LogP contribution is -2.33.